The fourth-order valence-electron chi connectivity index (χ4n) is 5.09. The SMILES string of the molecule is Cc1ccc(Cl)cc1NC(=O)c1ccc(N2CC3CC(C2)c2cccc(=O)n2C3)c([N+](=O)[O-])c1. The van der Waals surface area contributed by atoms with E-state index in [0.29, 0.717) is 36.0 Å². The molecule has 0 aliphatic carbocycles. The van der Waals surface area contributed by atoms with Gasteiger partial charge < -0.3 is 14.8 Å². The fraction of sp³-hybridized carbons (Fsp3) is 0.280. The van der Waals surface area contributed by atoms with Gasteiger partial charge >= 0.3 is 0 Å². The van der Waals surface area contributed by atoms with Gasteiger partial charge in [-0.15, -0.1) is 0 Å². The molecule has 2 aliphatic heterocycles. The molecule has 174 valence electrons. The Morgan fingerprint density at radius 1 is 1.12 bits per heavy atom. The normalized spacial score (nSPS) is 18.8. The minimum Gasteiger partial charge on any atom is -0.365 e. The number of amides is 1. The van der Waals surface area contributed by atoms with Crippen LogP contribution in [0.5, 0.6) is 0 Å². The fourth-order valence-corrected chi connectivity index (χ4v) is 5.27. The Kier molecular flexibility index (Phi) is 5.61. The molecule has 9 heteroatoms. The van der Waals surface area contributed by atoms with E-state index >= 15 is 0 Å². The van der Waals surface area contributed by atoms with Crippen LogP contribution in [0.1, 0.15) is 34.0 Å². The molecule has 2 bridgehead atoms. The van der Waals surface area contributed by atoms with E-state index in [1.165, 1.54) is 6.07 Å². The molecule has 2 aromatic carbocycles. The minimum absolute atomic E-state index is 0.00284. The Hall–Kier alpha value is -3.65. The molecule has 3 heterocycles. The summed E-state index contributed by atoms with van der Waals surface area (Å²) in [4.78, 5) is 38.7. The second-order valence-electron chi connectivity index (χ2n) is 8.98. The van der Waals surface area contributed by atoms with Crippen molar-refractivity contribution in [1.82, 2.24) is 4.57 Å². The first-order valence-corrected chi connectivity index (χ1v) is 11.5. The number of pyridine rings is 1. The van der Waals surface area contributed by atoms with Gasteiger partial charge in [0.25, 0.3) is 17.2 Å². The molecular formula is C25H23ClN4O4. The van der Waals surface area contributed by atoms with Crippen LogP contribution in [-0.2, 0) is 6.54 Å². The lowest BCUT2D eigenvalue weighted by atomic mass is 9.83. The molecule has 1 aromatic heterocycles. The number of carbonyl (C=O) groups excluding carboxylic acids is 1. The lowest BCUT2D eigenvalue weighted by Gasteiger charge is -2.43. The second kappa shape index (κ2) is 8.61. The summed E-state index contributed by atoms with van der Waals surface area (Å²) >= 11 is 6.04. The van der Waals surface area contributed by atoms with Crippen LogP contribution in [0.25, 0.3) is 0 Å². The summed E-state index contributed by atoms with van der Waals surface area (Å²) in [5.74, 6) is -0.0988. The van der Waals surface area contributed by atoms with E-state index in [-0.39, 0.29) is 28.6 Å². The van der Waals surface area contributed by atoms with Gasteiger partial charge in [0.2, 0.25) is 0 Å². The summed E-state index contributed by atoms with van der Waals surface area (Å²) < 4.78 is 1.83. The molecule has 34 heavy (non-hydrogen) atoms. The quantitative estimate of drug-likeness (QED) is 0.436. The lowest BCUT2D eigenvalue weighted by Crippen LogP contribution is -2.47. The van der Waals surface area contributed by atoms with Crippen molar-refractivity contribution >= 4 is 34.6 Å². The Labute approximate surface area is 200 Å². The largest absolute Gasteiger partial charge is 0.365 e. The van der Waals surface area contributed by atoms with Crippen LogP contribution in [0, 0.1) is 23.0 Å². The third-order valence-electron chi connectivity index (χ3n) is 6.70. The van der Waals surface area contributed by atoms with Crippen molar-refractivity contribution in [1.29, 1.82) is 0 Å². The van der Waals surface area contributed by atoms with Crippen LogP contribution < -0.4 is 15.8 Å². The number of halogens is 1. The van der Waals surface area contributed by atoms with Gasteiger partial charge in [0.1, 0.15) is 5.69 Å². The van der Waals surface area contributed by atoms with Crippen LogP contribution in [0.3, 0.4) is 0 Å². The third-order valence-corrected chi connectivity index (χ3v) is 6.94. The highest BCUT2D eigenvalue weighted by Crippen LogP contribution is 2.40. The summed E-state index contributed by atoms with van der Waals surface area (Å²) in [6, 6.07) is 15.1. The number of aryl methyl sites for hydroxylation is 1. The van der Waals surface area contributed by atoms with E-state index in [1.54, 1.807) is 42.5 Å². The number of carbonyl (C=O) groups is 1. The molecule has 2 aliphatic rings. The molecule has 2 atom stereocenters. The number of hydrogen-bond acceptors (Lipinski definition) is 5. The highest BCUT2D eigenvalue weighted by molar-refractivity contribution is 6.31. The molecule has 1 fully saturated rings. The van der Waals surface area contributed by atoms with Gasteiger partial charge in [-0.2, -0.15) is 0 Å². The van der Waals surface area contributed by atoms with Crippen molar-refractivity contribution < 1.29 is 9.72 Å². The zero-order valence-electron chi connectivity index (χ0n) is 18.5. The van der Waals surface area contributed by atoms with Crippen molar-refractivity contribution in [2.24, 2.45) is 5.92 Å². The van der Waals surface area contributed by atoms with Crippen molar-refractivity contribution in [2.45, 2.75) is 25.8 Å². The number of nitro benzene ring substituents is 1. The molecule has 1 saturated heterocycles. The molecule has 1 N–H and O–H groups in total. The van der Waals surface area contributed by atoms with Gasteiger partial charge in [-0.1, -0.05) is 23.7 Å². The van der Waals surface area contributed by atoms with Gasteiger partial charge in [0, 0.05) is 59.7 Å². The Morgan fingerprint density at radius 3 is 2.74 bits per heavy atom. The van der Waals surface area contributed by atoms with E-state index in [0.717, 1.165) is 17.7 Å². The van der Waals surface area contributed by atoms with Crippen molar-refractivity contribution in [2.75, 3.05) is 23.3 Å². The van der Waals surface area contributed by atoms with Crippen molar-refractivity contribution in [3.63, 3.8) is 0 Å². The minimum atomic E-state index is -0.445. The van der Waals surface area contributed by atoms with Crippen LogP contribution in [-0.4, -0.2) is 28.5 Å². The van der Waals surface area contributed by atoms with Crippen LogP contribution >= 0.6 is 11.6 Å². The number of aromatic nitrogens is 1. The highest BCUT2D eigenvalue weighted by Gasteiger charge is 2.36. The van der Waals surface area contributed by atoms with E-state index in [2.05, 4.69) is 5.32 Å². The Bertz CT molecular complexity index is 1370. The molecular weight excluding hydrogens is 456 g/mol. The number of fused-ring (bicyclic) bond motifs is 4. The molecule has 8 nitrogen and oxygen atoms in total. The summed E-state index contributed by atoms with van der Waals surface area (Å²) in [5.41, 5.74) is 2.94. The molecule has 0 spiro atoms. The first-order chi connectivity index (χ1) is 16.3. The first kappa shape index (κ1) is 22.2. The smallest absolute Gasteiger partial charge is 0.293 e. The average Bonchev–Trinajstić information content (AvgIpc) is 2.81. The predicted molar refractivity (Wildman–Crippen MR) is 131 cm³/mol. The number of nitrogens with zero attached hydrogens (tertiary/aromatic N) is 3. The van der Waals surface area contributed by atoms with Gasteiger partial charge in [-0.05, 0) is 55.2 Å². The van der Waals surface area contributed by atoms with Gasteiger partial charge in [-0.25, -0.2) is 0 Å². The van der Waals surface area contributed by atoms with E-state index in [9.17, 15) is 19.7 Å². The Balaban J connectivity index is 1.43. The topological polar surface area (TPSA) is 97.5 Å². The lowest BCUT2D eigenvalue weighted by molar-refractivity contribution is -0.384. The summed E-state index contributed by atoms with van der Waals surface area (Å²) in [7, 11) is 0. The van der Waals surface area contributed by atoms with Crippen LogP contribution in [0.4, 0.5) is 17.1 Å². The van der Waals surface area contributed by atoms with Crippen molar-refractivity contribution in [3.8, 4) is 0 Å². The molecule has 0 radical (unpaired) electrons. The number of rotatable bonds is 4. The number of nitrogens with one attached hydrogen (secondary N) is 1. The van der Waals surface area contributed by atoms with E-state index in [1.807, 2.05) is 22.5 Å². The monoisotopic (exact) mass is 478 g/mol. The Morgan fingerprint density at radius 2 is 1.94 bits per heavy atom. The number of hydrogen-bond donors (Lipinski definition) is 1. The summed E-state index contributed by atoms with van der Waals surface area (Å²) in [6.45, 7) is 3.64. The number of nitro groups is 1. The molecule has 1 amide bonds. The zero-order valence-corrected chi connectivity index (χ0v) is 19.3. The van der Waals surface area contributed by atoms with E-state index < -0.39 is 10.8 Å². The van der Waals surface area contributed by atoms with Crippen molar-refractivity contribution in [3.05, 3.63) is 96.9 Å². The standard InChI is InChI=1S/C25H23ClN4O4/c1-15-5-7-19(26)11-20(15)27-25(32)17-6-8-22(23(10-17)30(33)34)28-12-16-9-18(14-28)21-3-2-4-24(31)29(21)13-16/h2-8,10-11,16,18H,9,12-14H2,1H3,(H,27,32). The maximum atomic E-state index is 12.8. The maximum Gasteiger partial charge on any atom is 0.293 e. The summed E-state index contributed by atoms with van der Waals surface area (Å²) in [6.07, 6.45) is 0.952. The molecule has 2 unspecified atom stereocenters. The van der Waals surface area contributed by atoms with Gasteiger partial charge in [0.15, 0.2) is 0 Å². The maximum absolute atomic E-state index is 12.8. The summed E-state index contributed by atoms with van der Waals surface area (Å²) in [5, 5.41) is 15.2. The number of piperidine rings is 1. The number of anilines is 2. The highest BCUT2D eigenvalue weighted by atomic mass is 35.5. The molecule has 3 aromatic rings. The average molecular weight is 479 g/mol. The predicted octanol–water partition coefficient (Wildman–Crippen LogP) is 4.59. The third kappa shape index (κ3) is 4.05. The zero-order chi connectivity index (χ0) is 24.0. The molecule has 5 rings (SSSR count). The molecule has 0 saturated carbocycles. The number of benzene rings is 2. The second-order valence-corrected chi connectivity index (χ2v) is 9.41. The van der Waals surface area contributed by atoms with E-state index in [4.69, 9.17) is 11.6 Å². The van der Waals surface area contributed by atoms with Gasteiger partial charge in [-0.3, -0.25) is 19.7 Å². The van der Waals surface area contributed by atoms with Gasteiger partial charge in [0.05, 0.1) is 4.92 Å². The van der Waals surface area contributed by atoms with Crippen LogP contribution in [0.2, 0.25) is 5.02 Å². The van der Waals surface area contributed by atoms with Crippen LogP contribution in [0.15, 0.2) is 59.4 Å². The first-order valence-electron chi connectivity index (χ1n) is 11.1.